The average Bonchev–Trinajstić information content (AvgIpc) is 3.13. The quantitative estimate of drug-likeness (QED) is 0.169. The minimum atomic E-state index is -2.19. The fourth-order valence-corrected chi connectivity index (χ4v) is 12.0. The molecule has 3 saturated heterocycles. The fraction of sp³-hybridized carbons (Fsp3) is 0.955. The third kappa shape index (κ3) is 12.7. The topological polar surface area (TPSA) is 161 Å². The lowest BCUT2D eigenvalue weighted by molar-refractivity contribution is -0.315. The van der Waals surface area contributed by atoms with Crippen molar-refractivity contribution in [2.45, 2.75) is 218 Å². The number of hydrogen-bond donors (Lipinski definition) is 2. The van der Waals surface area contributed by atoms with Crippen LogP contribution in [0.3, 0.4) is 0 Å². The standard InChI is InChI=1S/C44H85NO13Si2/c1-21-32-44(10,51-14)37(47)27(4)34(46)25(2)23-42(8,49)38(56-41-36(57-59(15,16)17)31(45(11)12)22-26(3)52-41)28(5)35(29(6)40(48)54-32)55-33-24-43(9,50-13)39(30(7)53-33)58-60(18,19)20/h25-33,35-39,41,47,49H,21-24H2,1-20H3/t25-,26-,27-,28+,29-,30+,31+,32+,33+,35-,36-,37-,38-,39+,41+,42+,43-,44+/m1/s1. The summed E-state index contributed by atoms with van der Waals surface area (Å²) < 4.78 is 59.2. The molecule has 0 aromatic heterocycles. The summed E-state index contributed by atoms with van der Waals surface area (Å²) in [5, 5.41) is 24.7. The maximum atomic E-state index is 14.6. The van der Waals surface area contributed by atoms with Crippen molar-refractivity contribution in [1.29, 1.82) is 0 Å². The molecule has 14 nitrogen and oxygen atoms in total. The number of likely N-dealkylation sites (N-methyl/N-ethyl adjacent to an activating group) is 1. The number of Topliss-reactive ketones (excluding diaryl/α,β-unsaturated/α-hetero) is 1. The molecular formula is C44H85NO13Si2. The zero-order chi connectivity index (χ0) is 46.1. The van der Waals surface area contributed by atoms with Crippen LogP contribution in [0, 0.1) is 23.7 Å². The largest absolute Gasteiger partial charge is 0.459 e. The molecule has 3 rings (SSSR count). The van der Waals surface area contributed by atoms with Gasteiger partial charge in [0.1, 0.15) is 23.6 Å². The van der Waals surface area contributed by atoms with Crippen LogP contribution in [0.25, 0.3) is 0 Å². The summed E-state index contributed by atoms with van der Waals surface area (Å²) in [4.78, 5) is 31.0. The number of rotatable bonds is 12. The summed E-state index contributed by atoms with van der Waals surface area (Å²) in [7, 11) is 2.89. The van der Waals surface area contributed by atoms with Gasteiger partial charge in [-0.25, -0.2) is 0 Å². The summed E-state index contributed by atoms with van der Waals surface area (Å²) >= 11 is 0. The Bertz CT molecular complexity index is 1410. The number of hydrogen-bond acceptors (Lipinski definition) is 14. The van der Waals surface area contributed by atoms with Gasteiger partial charge in [0.25, 0.3) is 0 Å². The van der Waals surface area contributed by atoms with Crippen LogP contribution in [-0.4, -0.2) is 156 Å². The number of cyclic esters (lactones) is 1. The van der Waals surface area contributed by atoms with E-state index in [9.17, 15) is 19.8 Å². The van der Waals surface area contributed by atoms with Crippen molar-refractivity contribution < 1.29 is 61.8 Å². The minimum absolute atomic E-state index is 0.0301. The number of esters is 1. The highest BCUT2D eigenvalue weighted by atomic mass is 28.4. The average molecular weight is 892 g/mol. The van der Waals surface area contributed by atoms with Gasteiger partial charge in [0.15, 0.2) is 29.2 Å². The molecule has 60 heavy (non-hydrogen) atoms. The lowest BCUT2D eigenvalue weighted by Gasteiger charge is -2.51. The Morgan fingerprint density at radius 3 is 1.88 bits per heavy atom. The van der Waals surface area contributed by atoms with Gasteiger partial charge < -0.3 is 57.1 Å². The second-order valence-corrected chi connectivity index (χ2v) is 30.0. The van der Waals surface area contributed by atoms with Crippen molar-refractivity contribution in [2.24, 2.45) is 23.7 Å². The molecule has 0 unspecified atom stereocenters. The summed E-state index contributed by atoms with van der Waals surface area (Å²) in [6.07, 6.45) is -6.38. The Balaban J connectivity index is 2.27. The van der Waals surface area contributed by atoms with Gasteiger partial charge in [0, 0.05) is 44.4 Å². The summed E-state index contributed by atoms with van der Waals surface area (Å²) in [6.45, 7) is 30.8. The number of ketones is 1. The number of carbonyl (C=O) groups excluding carboxylic acids is 2. The number of nitrogens with zero attached hydrogens (tertiary/aromatic N) is 1. The van der Waals surface area contributed by atoms with E-state index in [1.54, 1.807) is 41.7 Å². The third-order valence-electron chi connectivity index (χ3n) is 13.1. The van der Waals surface area contributed by atoms with E-state index in [0.29, 0.717) is 12.8 Å². The maximum Gasteiger partial charge on any atom is 0.311 e. The Morgan fingerprint density at radius 2 is 1.38 bits per heavy atom. The van der Waals surface area contributed by atoms with Crippen molar-refractivity contribution in [3.8, 4) is 0 Å². The summed E-state index contributed by atoms with van der Waals surface area (Å²) in [6, 6.07) is -0.0655. The Hall–Kier alpha value is -0.866. The van der Waals surface area contributed by atoms with Gasteiger partial charge >= 0.3 is 5.97 Å². The van der Waals surface area contributed by atoms with Crippen LogP contribution < -0.4 is 0 Å². The monoisotopic (exact) mass is 892 g/mol. The molecule has 0 aromatic rings. The maximum absolute atomic E-state index is 14.6. The number of aliphatic hydroxyl groups is 2. The predicted octanol–water partition coefficient (Wildman–Crippen LogP) is 6.16. The van der Waals surface area contributed by atoms with E-state index in [1.165, 1.54) is 7.11 Å². The van der Waals surface area contributed by atoms with Crippen LogP contribution in [0.2, 0.25) is 39.3 Å². The summed E-state index contributed by atoms with van der Waals surface area (Å²) in [5.41, 5.74) is -3.94. The molecule has 3 heterocycles. The summed E-state index contributed by atoms with van der Waals surface area (Å²) in [5.74, 6) is -4.22. The van der Waals surface area contributed by atoms with Crippen molar-refractivity contribution >= 4 is 28.4 Å². The van der Waals surface area contributed by atoms with Crippen molar-refractivity contribution in [2.75, 3.05) is 28.3 Å². The predicted molar refractivity (Wildman–Crippen MR) is 235 cm³/mol. The van der Waals surface area contributed by atoms with Gasteiger partial charge in [-0.2, -0.15) is 0 Å². The number of carbonyl (C=O) groups is 2. The lowest BCUT2D eigenvalue weighted by Crippen LogP contribution is -2.63. The van der Waals surface area contributed by atoms with Gasteiger partial charge in [0.2, 0.25) is 0 Å². The molecule has 0 amide bonds. The van der Waals surface area contributed by atoms with Gasteiger partial charge in [-0.05, 0) is 114 Å². The normalized spacial score (nSPS) is 44.7. The molecule has 0 aliphatic carbocycles. The van der Waals surface area contributed by atoms with Gasteiger partial charge in [-0.15, -0.1) is 0 Å². The second-order valence-electron chi connectivity index (χ2n) is 21.0. The molecule has 3 fully saturated rings. The Kier molecular flexibility index (Phi) is 18.3. The van der Waals surface area contributed by atoms with E-state index in [4.69, 9.17) is 42.0 Å². The Morgan fingerprint density at radius 1 is 0.800 bits per heavy atom. The zero-order valence-electron chi connectivity index (χ0n) is 40.8. The molecule has 0 aromatic carbocycles. The number of aliphatic hydroxyl groups excluding tert-OH is 1. The molecule has 0 saturated carbocycles. The third-order valence-corrected chi connectivity index (χ3v) is 15.1. The van der Waals surface area contributed by atoms with Crippen molar-refractivity contribution in [3.05, 3.63) is 0 Å². The first-order valence-electron chi connectivity index (χ1n) is 22.2. The molecule has 352 valence electrons. The van der Waals surface area contributed by atoms with Gasteiger partial charge in [0.05, 0.1) is 53.7 Å². The molecule has 0 radical (unpaired) electrons. The van der Waals surface area contributed by atoms with Crippen LogP contribution >= 0.6 is 0 Å². The van der Waals surface area contributed by atoms with E-state index in [0.717, 1.165) is 0 Å². The smallest absolute Gasteiger partial charge is 0.311 e. The lowest BCUT2D eigenvalue weighted by atomic mass is 9.74. The van der Waals surface area contributed by atoms with Crippen molar-refractivity contribution in [1.82, 2.24) is 4.90 Å². The number of methoxy groups -OCH3 is 2. The highest BCUT2D eigenvalue weighted by Gasteiger charge is 2.55. The first-order chi connectivity index (χ1) is 27.4. The Labute approximate surface area is 364 Å². The van der Waals surface area contributed by atoms with E-state index >= 15 is 0 Å². The van der Waals surface area contributed by atoms with E-state index in [-0.39, 0.29) is 36.9 Å². The van der Waals surface area contributed by atoms with Crippen LogP contribution in [0.4, 0.5) is 0 Å². The van der Waals surface area contributed by atoms with E-state index in [2.05, 4.69) is 44.2 Å². The molecule has 0 bridgehead atoms. The SMILES string of the molecule is CC[C@@H]1OC(=O)[C@H](C)[C@H](O[C@H]2C[C@@](C)(OC)[C@@H](O[Si](C)(C)C)[C@H](C)O2)[C@H](C)[C@@H](O[C@@H]2O[C@H](C)C[C@H](N(C)C)[C@H]2O[Si](C)(C)C)[C@@](C)(O)C[C@@H](C)C(=O)[C@@H](C)[C@@H](O)[C@@]1(C)OC. The van der Waals surface area contributed by atoms with Crippen LogP contribution in [0.15, 0.2) is 0 Å². The fourth-order valence-electron chi connectivity index (χ4n) is 9.75. The van der Waals surface area contributed by atoms with Crippen molar-refractivity contribution in [3.63, 3.8) is 0 Å². The van der Waals surface area contributed by atoms with E-state index < -0.39 is 112 Å². The second kappa shape index (κ2) is 20.5. The minimum Gasteiger partial charge on any atom is -0.459 e. The van der Waals surface area contributed by atoms with Crippen LogP contribution in [-0.2, 0) is 51.6 Å². The molecule has 2 N–H and O–H groups in total. The molecule has 18 atom stereocenters. The molecule has 3 aliphatic rings. The first-order valence-corrected chi connectivity index (χ1v) is 29.1. The van der Waals surface area contributed by atoms with Gasteiger partial charge in [-0.3, -0.25) is 9.59 Å². The van der Waals surface area contributed by atoms with Crippen LogP contribution in [0.1, 0.15) is 94.9 Å². The van der Waals surface area contributed by atoms with Gasteiger partial charge in [-0.1, -0.05) is 27.7 Å². The molecule has 0 spiro atoms. The highest BCUT2D eigenvalue weighted by Crippen LogP contribution is 2.42. The molecular weight excluding hydrogens is 807 g/mol. The van der Waals surface area contributed by atoms with Crippen LogP contribution in [0.5, 0.6) is 0 Å². The molecule has 3 aliphatic heterocycles. The highest BCUT2D eigenvalue weighted by molar-refractivity contribution is 6.70. The zero-order valence-corrected chi connectivity index (χ0v) is 42.8. The number of ether oxygens (including phenoxy) is 7. The molecule has 16 heteroatoms. The van der Waals surface area contributed by atoms with E-state index in [1.807, 2.05) is 48.7 Å². The first kappa shape index (κ1) is 53.5.